The van der Waals surface area contributed by atoms with E-state index in [0.717, 1.165) is 50.3 Å². The van der Waals surface area contributed by atoms with E-state index in [-0.39, 0.29) is 29.4 Å². The summed E-state index contributed by atoms with van der Waals surface area (Å²) >= 11 is 0. The molecule has 3 rings (SSSR count). The zero-order valence-corrected chi connectivity index (χ0v) is 21.2. The molecule has 1 aliphatic carbocycles. The molecule has 0 radical (unpaired) electrons. The van der Waals surface area contributed by atoms with Crippen molar-refractivity contribution in [3.05, 3.63) is 48.2 Å². The minimum absolute atomic E-state index is 0.0721. The molecule has 2 heterocycles. The second-order valence-electron chi connectivity index (χ2n) is 10.9. The van der Waals surface area contributed by atoms with Gasteiger partial charge >= 0.3 is 5.97 Å². The Kier molecular flexibility index (Phi) is 8.63. The highest BCUT2D eigenvalue weighted by Gasteiger charge is 2.53. The highest BCUT2D eigenvalue weighted by Crippen LogP contribution is 2.46. The summed E-state index contributed by atoms with van der Waals surface area (Å²) in [7, 11) is 0. The van der Waals surface area contributed by atoms with Gasteiger partial charge in [-0.25, -0.2) is 0 Å². The summed E-state index contributed by atoms with van der Waals surface area (Å²) in [5.41, 5.74) is 2.15. The minimum Gasteiger partial charge on any atom is -0.459 e. The van der Waals surface area contributed by atoms with Crippen molar-refractivity contribution in [1.29, 1.82) is 0 Å². The van der Waals surface area contributed by atoms with Crippen LogP contribution in [-0.4, -0.2) is 42.0 Å². The molecule has 33 heavy (non-hydrogen) atoms. The van der Waals surface area contributed by atoms with Crippen molar-refractivity contribution >= 4 is 5.97 Å². The summed E-state index contributed by atoms with van der Waals surface area (Å²) in [5.74, 6) is 0.475. The first kappa shape index (κ1) is 25.8. The van der Waals surface area contributed by atoms with Gasteiger partial charge in [0.05, 0.1) is 23.9 Å². The lowest BCUT2D eigenvalue weighted by Crippen LogP contribution is -2.43. The topological polar surface area (TPSA) is 60.1 Å². The second kappa shape index (κ2) is 11.1. The monoisotopic (exact) mass is 457 g/mol. The van der Waals surface area contributed by atoms with Gasteiger partial charge in [0.25, 0.3) is 0 Å². The summed E-state index contributed by atoms with van der Waals surface area (Å²) in [6.07, 6.45) is 18.4. The predicted molar refractivity (Wildman–Crippen MR) is 133 cm³/mol. The van der Waals surface area contributed by atoms with Crippen LogP contribution in [0.1, 0.15) is 79.6 Å². The van der Waals surface area contributed by atoms with Gasteiger partial charge in [0, 0.05) is 31.5 Å². The van der Waals surface area contributed by atoms with E-state index in [4.69, 9.17) is 14.2 Å². The average molecular weight is 458 g/mol. The normalized spacial score (nSPS) is 32.8. The van der Waals surface area contributed by atoms with E-state index in [0.29, 0.717) is 6.04 Å². The number of carbonyl (C=O) groups excluding carboxylic acids is 1. The van der Waals surface area contributed by atoms with E-state index < -0.39 is 0 Å². The highest BCUT2D eigenvalue weighted by atomic mass is 16.6. The number of nitrogens with one attached hydrogen (secondary N) is 1. The SMILES string of the molecule is C=C(/C=C\[C@H](C)OC(C)=O)N[C@H]1CC[C@@H](C/C=C(C)/C=C/[C@@H]2C[C@]3(CO3)CC(C)(C)O2)CC1. The zero-order chi connectivity index (χ0) is 24.1. The van der Waals surface area contributed by atoms with Gasteiger partial charge in [0.15, 0.2) is 0 Å². The van der Waals surface area contributed by atoms with E-state index in [9.17, 15) is 4.79 Å². The van der Waals surface area contributed by atoms with Crippen LogP contribution < -0.4 is 5.32 Å². The maximum Gasteiger partial charge on any atom is 0.303 e. The summed E-state index contributed by atoms with van der Waals surface area (Å²) in [4.78, 5) is 11.0. The standard InChI is InChI=1S/C28H43NO4/c1-20(8-16-26-17-28(19-31-28)18-27(5,6)33-26)7-11-24-12-14-25(15-13-24)29-21(2)9-10-22(3)32-23(4)30/h7-10,16,22,24-26,29H,2,11-15,17-19H2,1,3-6H3/b10-9-,16-8+,20-7+/t22-,24-,25+,26+,28+/m0/s1. The Bertz CT molecular complexity index is 776. The Morgan fingerprint density at radius 2 is 1.91 bits per heavy atom. The molecular weight excluding hydrogens is 414 g/mol. The van der Waals surface area contributed by atoms with Crippen molar-refractivity contribution in [3.63, 3.8) is 0 Å². The highest BCUT2D eigenvalue weighted by molar-refractivity contribution is 5.66. The molecule has 0 bridgehead atoms. The largest absolute Gasteiger partial charge is 0.459 e. The van der Waals surface area contributed by atoms with E-state index in [2.05, 4.69) is 50.9 Å². The second-order valence-corrected chi connectivity index (χ2v) is 10.9. The van der Waals surface area contributed by atoms with Crippen LogP contribution in [0.2, 0.25) is 0 Å². The van der Waals surface area contributed by atoms with Crippen LogP contribution in [0.5, 0.6) is 0 Å². The minimum atomic E-state index is -0.267. The molecule has 0 aromatic rings. The molecule has 3 atom stereocenters. The summed E-state index contributed by atoms with van der Waals surface area (Å²) in [6.45, 7) is 14.8. The van der Waals surface area contributed by atoms with Crippen LogP contribution in [0.25, 0.3) is 0 Å². The van der Waals surface area contributed by atoms with E-state index in [1.54, 1.807) is 0 Å². The summed E-state index contributed by atoms with van der Waals surface area (Å²) in [6, 6.07) is 0.469. The fraction of sp³-hybridized carbons (Fsp3) is 0.679. The maximum absolute atomic E-state index is 11.0. The van der Waals surface area contributed by atoms with Crippen molar-refractivity contribution < 1.29 is 19.0 Å². The third kappa shape index (κ3) is 8.78. The van der Waals surface area contributed by atoms with Gasteiger partial charge in [-0.15, -0.1) is 0 Å². The van der Waals surface area contributed by atoms with Gasteiger partial charge in [-0.1, -0.05) is 30.4 Å². The molecule has 0 amide bonds. The molecule has 2 aliphatic heterocycles. The maximum atomic E-state index is 11.0. The molecule has 5 nitrogen and oxygen atoms in total. The fourth-order valence-corrected chi connectivity index (χ4v) is 5.22. The number of rotatable bonds is 9. The molecule has 3 aliphatic rings. The third-order valence-corrected chi connectivity index (χ3v) is 6.85. The van der Waals surface area contributed by atoms with Crippen molar-refractivity contribution in [2.24, 2.45) is 5.92 Å². The van der Waals surface area contributed by atoms with Gasteiger partial charge in [-0.2, -0.15) is 0 Å². The average Bonchev–Trinajstić information content (AvgIpc) is 3.46. The third-order valence-electron chi connectivity index (χ3n) is 6.85. The summed E-state index contributed by atoms with van der Waals surface area (Å²) in [5, 5.41) is 3.52. The molecule has 0 aromatic carbocycles. The smallest absolute Gasteiger partial charge is 0.303 e. The van der Waals surface area contributed by atoms with Crippen LogP contribution in [0, 0.1) is 5.92 Å². The first-order chi connectivity index (χ1) is 15.5. The quantitative estimate of drug-likeness (QED) is 0.270. The Balaban J connectivity index is 1.36. The van der Waals surface area contributed by atoms with E-state index in [1.165, 1.54) is 25.3 Å². The number of hydrogen-bond donors (Lipinski definition) is 1. The summed E-state index contributed by atoms with van der Waals surface area (Å²) < 4.78 is 17.1. The van der Waals surface area contributed by atoms with Crippen LogP contribution in [-0.2, 0) is 19.0 Å². The molecular formula is C28H43NO4. The van der Waals surface area contributed by atoms with Crippen molar-refractivity contribution in [2.45, 2.75) is 109 Å². The van der Waals surface area contributed by atoms with Gasteiger partial charge in [0.1, 0.15) is 6.10 Å². The first-order valence-corrected chi connectivity index (χ1v) is 12.5. The lowest BCUT2D eigenvalue weighted by molar-refractivity contribution is -0.143. The number of epoxide rings is 1. The van der Waals surface area contributed by atoms with Gasteiger partial charge in [-0.05, 0) is 77.9 Å². The number of esters is 1. The number of carbonyl (C=O) groups is 1. The van der Waals surface area contributed by atoms with Crippen molar-refractivity contribution in [2.75, 3.05) is 6.61 Å². The molecule has 2 saturated heterocycles. The number of allylic oxidation sites excluding steroid dienone is 4. The molecule has 0 unspecified atom stereocenters. The fourth-order valence-electron chi connectivity index (χ4n) is 5.22. The van der Waals surface area contributed by atoms with Crippen LogP contribution >= 0.6 is 0 Å². The van der Waals surface area contributed by atoms with Crippen LogP contribution in [0.3, 0.4) is 0 Å². The van der Waals surface area contributed by atoms with Gasteiger partial charge in [0.2, 0.25) is 0 Å². The zero-order valence-electron chi connectivity index (χ0n) is 21.2. The van der Waals surface area contributed by atoms with Crippen LogP contribution in [0.15, 0.2) is 48.2 Å². The van der Waals surface area contributed by atoms with Gasteiger partial charge in [-0.3, -0.25) is 4.79 Å². The first-order valence-electron chi connectivity index (χ1n) is 12.5. The van der Waals surface area contributed by atoms with Crippen molar-refractivity contribution in [3.8, 4) is 0 Å². The van der Waals surface area contributed by atoms with Crippen LogP contribution in [0.4, 0.5) is 0 Å². The Labute approximate surface area is 200 Å². The van der Waals surface area contributed by atoms with Gasteiger partial charge < -0.3 is 19.5 Å². The lowest BCUT2D eigenvalue weighted by Gasteiger charge is -2.38. The lowest BCUT2D eigenvalue weighted by atomic mass is 9.83. The Hall–Kier alpha value is -1.85. The van der Waals surface area contributed by atoms with E-state index in [1.807, 2.05) is 19.1 Å². The molecule has 3 fully saturated rings. The number of ether oxygens (including phenoxy) is 3. The number of hydrogen-bond acceptors (Lipinski definition) is 5. The molecule has 184 valence electrons. The Morgan fingerprint density at radius 1 is 1.21 bits per heavy atom. The Morgan fingerprint density at radius 3 is 2.55 bits per heavy atom. The molecule has 1 saturated carbocycles. The molecule has 1 spiro atoms. The molecule has 5 heteroatoms. The predicted octanol–water partition coefficient (Wildman–Crippen LogP) is 5.78. The molecule has 1 N–H and O–H groups in total. The van der Waals surface area contributed by atoms with E-state index >= 15 is 0 Å². The molecule has 0 aromatic heterocycles. The van der Waals surface area contributed by atoms with Crippen molar-refractivity contribution in [1.82, 2.24) is 5.32 Å².